The number of aryl methyl sites for hydroxylation is 1. The number of hydrogen-bond donors (Lipinski definition) is 1. The maximum atomic E-state index is 12.6. The SMILES string of the molecule is Cc1cc(C2CCCNC2)oc(=O)c1C(=O)N1CCCCC1.Cl. The van der Waals surface area contributed by atoms with Crippen LogP contribution >= 0.6 is 12.4 Å². The first-order valence-electron chi connectivity index (χ1n) is 8.31. The van der Waals surface area contributed by atoms with Crippen LogP contribution in [0.2, 0.25) is 0 Å². The molecule has 1 atom stereocenters. The van der Waals surface area contributed by atoms with Crippen LogP contribution < -0.4 is 10.9 Å². The van der Waals surface area contributed by atoms with Gasteiger partial charge in [-0.05, 0) is 57.2 Å². The number of nitrogens with one attached hydrogen (secondary N) is 1. The summed E-state index contributed by atoms with van der Waals surface area (Å²) >= 11 is 0. The second-order valence-corrected chi connectivity index (χ2v) is 6.39. The molecule has 128 valence electrons. The average molecular weight is 341 g/mol. The largest absolute Gasteiger partial charge is 0.427 e. The molecule has 1 amide bonds. The molecule has 1 aromatic heterocycles. The van der Waals surface area contributed by atoms with Crippen molar-refractivity contribution in [3.05, 3.63) is 33.4 Å². The zero-order valence-corrected chi connectivity index (χ0v) is 14.4. The number of halogens is 1. The highest BCUT2D eigenvalue weighted by Gasteiger charge is 2.26. The minimum atomic E-state index is -0.476. The van der Waals surface area contributed by atoms with Gasteiger partial charge in [-0.1, -0.05) is 0 Å². The summed E-state index contributed by atoms with van der Waals surface area (Å²) in [6.07, 6.45) is 5.30. The second kappa shape index (κ2) is 7.97. The Morgan fingerprint density at radius 3 is 2.61 bits per heavy atom. The van der Waals surface area contributed by atoms with Crippen molar-refractivity contribution < 1.29 is 9.21 Å². The summed E-state index contributed by atoms with van der Waals surface area (Å²) in [6.45, 7) is 5.18. The standard InChI is InChI=1S/C17H24N2O3.ClH/c1-12-10-14(13-6-5-7-18-11-13)22-17(21)15(12)16(20)19-8-3-2-4-9-19;/h10,13,18H,2-9,11H2,1H3;1H. The van der Waals surface area contributed by atoms with Gasteiger partial charge >= 0.3 is 5.63 Å². The molecule has 6 heteroatoms. The Bertz CT molecular complexity index is 602. The molecule has 0 aromatic carbocycles. The van der Waals surface area contributed by atoms with Crippen molar-refractivity contribution in [2.24, 2.45) is 0 Å². The van der Waals surface area contributed by atoms with Gasteiger partial charge in [-0.3, -0.25) is 4.79 Å². The number of carbonyl (C=O) groups is 1. The third-order valence-corrected chi connectivity index (χ3v) is 4.72. The fourth-order valence-electron chi connectivity index (χ4n) is 3.44. The molecule has 0 saturated carbocycles. The minimum absolute atomic E-state index is 0. The quantitative estimate of drug-likeness (QED) is 0.898. The molecule has 23 heavy (non-hydrogen) atoms. The summed E-state index contributed by atoms with van der Waals surface area (Å²) in [4.78, 5) is 26.7. The van der Waals surface area contributed by atoms with Gasteiger partial charge in [0, 0.05) is 25.6 Å². The van der Waals surface area contributed by atoms with E-state index < -0.39 is 5.63 Å². The van der Waals surface area contributed by atoms with Crippen molar-refractivity contribution >= 4 is 18.3 Å². The predicted octanol–water partition coefficient (Wildman–Crippen LogP) is 2.46. The van der Waals surface area contributed by atoms with Gasteiger partial charge in [-0.25, -0.2) is 4.79 Å². The zero-order valence-electron chi connectivity index (χ0n) is 13.6. The molecular formula is C17H25ClN2O3. The monoisotopic (exact) mass is 340 g/mol. The summed E-state index contributed by atoms with van der Waals surface area (Å²) in [6, 6.07) is 1.89. The lowest BCUT2D eigenvalue weighted by Gasteiger charge is -2.27. The summed E-state index contributed by atoms with van der Waals surface area (Å²) in [7, 11) is 0. The lowest BCUT2D eigenvalue weighted by Crippen LogP contribution is -2.38. The van der Waals surface area contributed by atoms with Gasteiger partial charge in [0.05, 0.1) is 0 Å². The van der Waals surface area contributed by atoms with Crippen LogP contribution in [0, 0.1) is 6.92 Å². The number of piperidine rings is 2. The van der Waals surface area contributed by atoms with Gasteiger partial charge < -0.3 is 14.6 Å². The summed E-state index contributed by atoms with van der Waals surface area (Å²) in [5, 5.41) is 3.32. The third kappa shape index (κ3) is 3.96. The number of likely N-dealkylation sites (tertiary alicyclic amines) is 1. The van der Waals surface area contributed by atoms with Crippen LogP contribution in [-0.2, 0) is 0 Å². The van der Waals surface area contributed by atoms with E-state index in [2.05, 4.69) is 5.32 Å². The molecule has 0 bridgehead atoms. The Kier molecular flexibility index (Phi) is 6.25. The minimum Gasteiger partial charge on any atom is -0.427 e. The van der Waals surface area contributed by atoms with E-state index in [9.17, 15) is 9.59 Å². The zero-order chi connectivity index (χ0) is 15.5. The Hall–Kier alpha value is -1.33. The van der Waals surface area contributed by atoms with E-state index in [1.54, 1.807) is 4.90 Å². The van der Waals surface area contributed by atoms with Crippen molar-refractivity contribution in [1.29, 1.82) is 0 Å². The lowest BCUT2D eigenvalue weighted by atomic mass is 9.95. The third-order valence-electron chi connectivity index (χ3n) is 4.72. The van der Waals surface area contributed by atoms with Crippen LogP contribution in [0.1, 0.15) is 59.7 Å². The summed E-state index contributed by atoms with van der Waals surface area (Å²) in [5.74, 6) is 0.781. The highest BCUT2D eigenvalue weighted by atomic mass is 35.5. The van der Waals surface area contributed by atoms with Crippen molar-refractivity contribution in [3.63, 3.8) is 0 Å². The number of nitrogens with zero attached hydrogens (tertiary/aromatic N) is 1. The smallest absolute Gasteiger partial charge is 0.349 e. The molecular weight excluding hydrogens is 316 g/mol. The predicted molar refractivity (Wildman–Crippen MR) is 91.6 cm³/mol. The summed E-state index contributed by atoms with van der Waals surface area (Å²) in [5.41, 5.74) is 0.484. The lowest BCUT2D eigenvalue weighted by molar-refractivity contribution is 0.0718. The van der Waals surface area contributed by atoms with Crippen LogP contribution in [0.25, 0.3) is 0 Å². The molecule has 3 heterocycles. The average Bonchev–Trinajstić information content (AvgIpc) is 2.55. The van der Waals surface area contributed by atoms with E-state index in [4.69, 9.17) is 4.42 Å². The Morgan fingerprint density at radius 1 is 1.26 bits per heavy atom. The van der Waals surface area contributed by atoms with Gasteiger partial charge in [0.2, 0.25) is 0 Å². The van der Waals surface area contributed by atoms with Crippen molar-refractivity contribution in [2.75, 3.05) is 26.2 Å². The van der Waals surface area contributed by atoms with E-state index in [0.717, 1.165) is 63.8 Å². The van der Waals surface area contributed by atoms with E-state index in [-0.39, 0.29) is 29.8 Å². The van der Waals surface area contributed by atoms with Crippen LogP contribution in [-0.4, -0.2) is 37.0 Å². The number of carbonyl (C=O) groups excluding carboxylic acids is 1. The Labute approximate surface area is 142 Å². The molecule has 2 aliphatic heterocycles. The molecule has 5 nitrogen and oxygen atoms in total. The van der Waals surface area contributed by atoms with Gasteiger partial charge in [0.15, 0.2) is 0 Å². The number of amides is 1. The van der Waals surface area contributed by atoms with Crippen LogP contribution in [0.5, 0.6) is 0 Å². The normalized spacial score (nSPS) is 21.6. The van der Waals surface area contributed by atoms with Crippen LogP contribution in [0.15, 0.2) is 15.3 Å². The van der Waals surface area contributed by atoms with E-state index >= 15 is 0 Å². The van der Waals surface area contributed by atoms with Gasteiger partial charge in [-0.15, -0.1) is 12.4 Å². The first-order chi connectivity index (χ1) is 10.7. The molecule has 0 spiro atoms. The molecule has 2 fully saturated rings. The van der Waals surface area contributed by atoms with Crippen molar-refractivity contribution in [2.45, 2.75) is 44.9 Å². The Balaban J connectivity index is 0.00000192. The molecule has 1 aromatic rings. The maximum Gasteiger partial charge on any atom is 0.349 e. The molecule has 2 aliphatic rings. The number of rotatable bonds is 2. The van der Waals surface area contributed by atoms with Crippen LogP contribution in [0.3, 0.4) is 0 Å². The highest BCUT2D eigenvalue weighted by molar-refractivity contribution is 5.95. The highest BCUT2D eigenvalue weighted by Crippen LogP contribution is 2.24. The first-order valence-corrected chi connectivity index (χ1v) is 8.31. The Morgan fingerprint density at radius 2 is 2.00 bits per heavy atom. The number of hydrogen-bond acceptors (Lipinski definition) is 4. The molecule has 2 saturated heterocycles. The van der Waals surface area contributed by atoms with E-state index in [1.807, 2.05) is 13.0 Å². The van der Waals surface area contributed by atoms with E-state index in [0.29, 0.717) is 5.76 Å². The van der Waals surface area contributed by atoms with Gasteiger partial charge in [-0.2, -0.15) is 0 Å². The second-order valence-electron chi connectivity index (χ2n) is 6.39. The topological polar surface area (TPSA) is 62.6 Å². The fraction of sp³-hybridized carbons (Fsp3) is 0.647. The van der Waals surface area contributed by atoms with Gasteiger partial charge in [0.25, 0.3) is 5.91 Å². The van der Waals surface area contributed by atoms with Gasteiger partial charge in [0.1, 0.15) is 11.3 Å². The van der Waals surface area contributed by atoms with Crippen LogP contribution in [0.4, 0.5) is 0 Å². The molecule has 1 N–H and O–H groups in total. The molecule has 0 radical (unpaired) electrons. The van der Waals surface area contributed by atoms with Crippen molar-refractivity contribution in [3.8, 4) is 0 Å². The first kappa shape index (κ1) is 18.0. The maximum absolute atomic E-state index is 12.6. The molecule has 1 unspecified atom stereocenters. The fourth-order valence-corrected chi connectivity index (χ4v) is 3.44. The van der Waals surface area contributed by atoms with E-state index in [1.165, 1.54) is 0 Å². The molecule has 3 rings (SSSR count). The summed E-state index contributed by atoms with van der Waals surface area (Å²) < 4.78 is 5.50. The molecule has 0 aliphatic carbocycles. The van der Waals surface area contributed by atoms with Crippen molar-refractivity contribution in [1.82, 2.24) is 10.2 Å².